The van der Waals surface area contributed by atoms with E-state index >= 15 is 0 Å². The van der Waals surface area contributed by atoms with Crippen LogP contribution in [0.25, 0.3) is 0 Å². The lowest BCUT2D eigenvalue weighted by atomic mass is 9.40. The van der Waals surface area contributed by atoms with Crippen LogP contribution in [-0.2, 0) is 0 Å². The van der Waals surface area contributed by atoms with Crippen molar-refractivity contribution in [2.45, 2.75) is 91.4 Å². The molecule has 0 aromatic heterocycles. The van der Waals surface area contributed by atoms with Gasteiger partial charge in [-0.15, -0.1) is 0 Å². The van der Waals surface area contributed by atoms with E-state index in [-0.39, 0.29) is 0 Å². The van der Waals surface area contributed by atoms with E-state index in [1.54, 1.807) is 5.57 Å². The lowest BCUT2D eigenvalue weighted by Crippen LogP contribution is -2.57. The molecule has 7 atom stereocenters. The lowest BCUT2D eigenvalue weighted by molar-refractivity contribution is -0.150. The van der Waals surface area contributed by atoms with Crippen molar-refractivity contribution >= 4 is 0 Å². The monoisotopic (exact) mass is 364 g/mol. The first-order valence-corrected chi connectivity index (χ1v) is 11.9. The fourth-order valence-corrected chi connectivity index (χ4v) is 9.09. The average molecular weight is 365 g/mol. The molecule has 0 radical (unpaired) electrons. The van der Waals surface area contributed by atoms with Crippen LogP contribution in [0.1, 0.15) is 91.4 Å². The second-order valence-electron chi connectivity index (χ2n) is 11.6. The molecule has 27 heavy (non-hydrogen) atoms. The highest BCUT2D eigenvalue weighted by Crippen LogP contribution is 2.73. The Kier molecular flexibility index (Phi) is 4.13. The Balaban J connectivity index is 1.47. The third-order valence-corrected chi connectivity index (χ3v) is 10.9. The summed E-state index contributed by atoms with van der Waals surface area (Å²) >= 11 is 0. The molecule has 0 bridgehead atoms. The average Bonchev–Trinajstić information content (AvgIpc) is 2.94. The number of allylic oxidation sites excluding steroid dienone is 5. The first-order valence-electron chi connectivity index (χ1n) is 11.9. The van der Waals surface area contributed by atoms with Gasteiger partial charge in [0.15, 0.2) is 0 Å². The Morgan fingerprint density at radius 1 is 0.815 bits per heavy atom. The van der Waals surface area contributed by atoms with E-state index in [1.165, 1.54) is 69.8 Å². The SMILES string of the molecule is C=C1C=CC(C2CCC3(C)C4CCC5CCCCC5(C)C4CCC23C)=CC1. The van der Waals surface area contributed by atoms with Gasteiger partial charge in [0.25, 0.3) is 0 Å². The summed E-state index contributed by atoms with van der Waals surface area (Å²) in [5.41, 5.74) is 4.63. The molecule has 0 aliphatic heterocycles. The summed E-state index contributed by atoms with van der Waals surface area (Å²) in [5.74, 6) is 3.80. The zero-order valence-corrected chi connectivity index (χ0v) is 18.0. The maximum atomic E-state index is 4.16. The Bertz CT molecular complexity index is 695. The first kappa shape index (κ1) is 18.3. The predicted molar refractivity (Wildman–Crippen MR) is 115 cm³/mol. The van der Waals surface area contributed by atoms with Crippen molar-refractivity contribution in [3.8, 4) is 0 Å². The highest BCUT2D eigenvalue weighted by Gasteiger charge is 2.65. The van der Waals surface area contributed by atoms with Crippen LogP contribution in [0.4, 0.5) is 0 Å². The predicted octanol–water partition coefficient (Wildman–Crippen LogP) is 7.87. The van der Waals surface area contributed by atoms with Gasteiger partial charge in [-0.1, -0.05) is 64.0 Å². The number of fused-ring (bicyclic) bond motifs is 5. The minimum atomic E-state index is 0.501. The third-order valence-electron chi connectivity index (χ3n) is 10.9. The van der Waals surface area contributed by atoms with Gasteiger partial charge >= 0.3 is 0 Å². The second kappa shape index (κ2) is 6.11. The molecule has 0 amide bonds. The van der Waals surface area contributed by atoms with Crippen molar-refractivity contribution in [2.75, 3.05) is 0 Å². The summed E-state index contributed by atoms with van der Waals surface area (Å²) in [6.07, 6.45) is 23.2. The van der Waals surface area contributed by atoms with E-state index in [0.29, 0.717) is 16.2 Å². The van der Waals surface area contributed by atoms with Gasteiger partial charge in [-0.05, 0) is 103 Å². The molecule has 4 saturated carbocycles. The first-order chi connectivity index (χ1) is 12.9. The smallest absolute Gasteiger partial charge is 0.00974 e. The molecule has 5 aliphatic rings. The Hall–Kier alpha value is -0.780. The van der Waals surface area contributed by atoms with Crippen LogP contribution in [0.3, 0.4) is 0 Å². The van der Waals surface area contributed by atoms with Crippen LogP contribution in [0, 0.1) is 39.9 Å². The van der Waals surface area contributed by atoms with Crippen molar-refractivity contribution in [3.05, 3.63) is 36.0 Å². The van der Waals surface area contributed by atoms with Crippen molar-refractivity contribution in [1.82, 2.24) is 0 Å². The molecule has 5 aliphatic carbocycles. The van der Waals surface area contributed by atoms with Crippen molar-refractivity contribution in [1.29, 1.82) is 0 Å². The molecule has 0 saturated heterocycles. The fraction of sp³-hybridized carbons (Fsp3) is 0.778. The molecule has 0 heterocycles. The Labute approximate surface area is 167 Å². The molecular formula is C27H40. The Morgan fingerprint density at radius 3 is 2.41 bits per heavy atom. The van der Waals surface area contributed by atoms with Gasteiger partial charge in [0.1, 0.15) is 0 Å². The quantitative estimate of drug-likeness (QED) is 0.444. The summed E-state index contributed by atoms with van der Waals surface area (Å²) in [4.78, 5) is 0. The normalized spacial score (nSPS) is 52.0. The van der Waals surface area contributed by atoms with Crippen molar-refractivity contribution in [3.63, 3.8) is 0 Å². The van der Waals surface area contributed by atoms with E-state index in [0.717, 1.165) is 30.1 Å². The van der Waals surface area contributed by atoms with Gasteiger partial charge < -0.3 is 0 Å². The second-order valence-corrected chi connectivity index (χ2v) is 11.6. The standard InChI is InChI=1S/C27H40/c1-19-8-10-20(11-9-19)22-14-17-27(4)24-13-12-21-7-5-6-16-25(21,2)23(24)15-18-26(22,27)3/h8,10-11,21-24H,1,5-7,9,12-18H2,2-4H3. The van der Waals surface area contributed by atoms with E-state index in [2.05, 4.69) is 45.6 Å². The summed E-state index contributed by atoms with van der Waals surface area (Å²) in [7, 11) is 0. The van der Waals surface area contributed by atoms with E-state index in [1.807, 2.05) is 0 Å². The molecule has 0 spiro atoms. The number of hydrogen-bond acceptors (Lipinski definition) is 0. The largest absolute Gasteiger partial charge is 0.0955 e. The van der Waals surface area contributed by atoms with Crippen molar-refractivity contribution in [2.24, 2.45) is 39.9 Å². The molecule has 148 valence electrons. The summed E-state index contributed by atoms with van der Waals surface area (Å²) in [6.45, 7) is 12.3. The van der Waals surface area contributed by atoms with Gasteiger partial charge in [-0.2, -0.15) is 0 Å². The molecule has 0 nitrogen and oxygen atoms in total. The van der Waals surface area contributed by atoms with Crippen LogP contribution < -0.4 is 0 Å². The van der Waals surface area contributed by atoms with Gasteiger partial charge in [0.05, 0.1) is 0 Å². The van der Waals surface area contributed by atoms with E-state index < -0.39 is 0 Å². The maximum Gasteiger partial charge on any atom is -0.00974 e. The van der Waals surface area contributed by atoms with Gasteiger partial charge in [0, 0.05) is 0 Å². The topological polar surface area (TPSA) is 0 Å². The summed E-state index contributed by atoms with van der Waals surface area (Å²) in [6, 6.07) is 0. The lowest BCUT2D eigenvalue weighted by Gasteiger charge is -2.64. The minimum Gasteiger partial charge on any atom is -0.0955 e. The minimum absolute atomic E-state index is 0.501. The zero-order valence-electron chi connectivity index (χ0n) is 18.0. The summed E-state index contributed by atoms with van der Waals surface area (Å²) in [5, 5.41) is 0. The zero-order chi connectivity index (χ0) is 18.9. The van der Waals surface area contributed by atoms with E-state index in [4.69, 9.17) is 0 Å². The van der Waals surface area contributed by atoms with Crippen LogP contribution in [-0.4, -0.2) is 0 Å². The van der Waals surface area contributed by atoms with Gasteiger partial charge in [0.2, 0.25) is 0 Å². The molecule has 0 aromatic rings. The maximum absolute atomic E-state index is 4.16. The van der Waals surface area contributed by atoms with Gasteiger partial charge in [-0.25, -0.2) is 0 Å². The molecule has 0 N–H and O–H groups in total. The summed E-state index contributed by atoms with van der Waals surface area (Å²) < 4.78 is 0. The van der Waals surface area contributed by atoms with Crippen molar-refractivity contribution < 1.29 is 0 Å². The fourth-order valence-electron chi connectivity index (χ4n) is 9.09. The van der Waals surface area contributed by atoms with Crippen LogP contribution >= 0.6 is 0 Å². The highest BCUT2D eigenvalue weighted by atomic mass is 14.7. The number of rotatable bonds is 1. The molecule has 0 heteroatoms. The molecule has 7 unspecified atom stereocenters. The molecule has 4 fully saturated rings. The van der Waals surface area contributed by atoms with Gasteiger partial charge in [-0.3, -0.25) is 0 Å². The van der Waals surface area contributed by atoms with Crippen LogP contribution in [0.15, 0.2) is 36.0 Å². The van der Waals surface area contributed by atoms with Crippen LogP contribution in [0.2, 0.25) is 0 Å². The Morgan fingerprint density at radius 2 is 1.63 bits per heavy atom. The highest BCUT2D eigenvalue weighted by molar-refractivity contribution is 5.38. The molecular weight excluding hydrogens is 324 g/mol. The third kappa shape index (κ3) is 2.40. The van der Waals surface area contributed by atoms with Crippen LogP contribution in [0.5, 0.6) is 0 Å². The van der Waals surface area contributed by atoms with E-state index in [9.17, 15) is 0 Å². The number of hydrogen-bond donors (Lipinski definition) is 0. The molecule has 0 aromatic carbocycles. The molecule has 5 rings (SSSR count).